The summed E-state index contributed by atoms with van der Waals surface area (Å²) in [6.07, 6.45) is 2.78. The van der Waals surface area contributed by atoms with Gasteiger partial charge < -0.3 is 18.9 Å². The highest BCUT2D eigenvalue weighted by Gasteiger charge is 2.38. The molecular weight excluding hydrogens is 691 g/mol. The van der Waals surface area contributed by atoms with Crippen LogP contribution in [0.5, 0.6) is 11.5 Å². The molecule has 0 radical (unpaired) electrons. The number of benzene rings is 3. The predicted molar refractivity (Wildman–Crippen MR) is 184 cm³/mol. The second-order valence-electron chi connectivity index (χ2n) is 12.2. The molecule has 0 aliphatic carbocycles. The lowest BCUT2D eigenvalue weighted by Gasteiger charge is -2.44. The highest BCUT2D eigenvalue weighted by molar-refractivity contribution is 6.35. The third-order valence-corrected chi connectivity index (χ3v) is 9.79. The van der Waals surface area contributed by atoms with Crippen LogP contribution in [0.3, 0.4) is 0 Å². The Morgan fingerprint density at radius 1 is 0.960 bits per heavy atom. The van der Waals surface area contributed by atoms with Crippen molar-refractivity contribution < 1.29 is 37.3 Å². The molecule has 13 heteroatoms. The van der Waals surface area contributed by atoms with Crippen LogP contribution in [-0.2, 0) is 22.4 Å². The lowest BCUT2D eigenvalue weighted by molar-refractivity contribution is -0.0311. The maximum absolute atomic E-state index is 15.1. The average Bonchev–Trinajstić information content (AvgIpc) is 3.13. The molecule has 0 N–H and O–H groups in total. The van der Waals surface area contributed by atoms with E-state index in [2.05, 4.69) is 9.88 Å². The minimum absolute atomic E-state index is 0.110. The Balaban J connectivity index is 1.27. The van der Waals surface area contributed by atoms with Crippen LogP contribution >= 0.6 is 23.2 Å². The molecule has 50 heavy (non-hydrogen) atoms. The van der Waals surface area contributed by atoms with Gasteiger partial charge in [0.1, 0.15) is 23.8 Å². The predicted octanol–water partition coefficient (Wildman–Crippen LogP) is 8.06. The number of halogens is 4. The van der Waals surface area contributed by atoms with Crippen molar-refractivity contribution in [2.45, 2.75) is 38.0 Å². The van der Waals surface area contributed by atoms with E-state index in [-0.39, 0.29) is 36.2 Å². The van der Waals surface area contributed by atoms with Crippen molar-refractivity contribution in [3.8, 4) is 11.5 Å². The van der Waals surface area contributed by atoms with Crippen molar-refractivity contribution in [3.05, 3.63) is 117 Å². The van der Waals surface area contributed by atoms with Gasteiger partial charge in [0.2, 0.25) is 0 Å². The van der Waals surface area contributed by atoms with E-state index >= 15 is 4.39 Å². The molecule has 2 atom stereocenters. The molecule has 0 saturated carbocycles. The van der Waals surface area contributed by atoms with Gasteiger partial charge in [0.15, 0.2) is 11.5 Å². The van der Waals surface area contributed by atoms with Gasteiger partial charge in [-0.15, -0.1) is 0 Å². The van der Waals surface area contributed by atoms with E-state index in [9.17, 15) is 14.0 Å². The number of hydrogen-bond acceptors (Lipinski definition) is 8. The van der Waals surface area contributed by atoms with Gasteiger partial charge in [-0.2, -0.15) is 0 Å². The molecule has 3 aromatic carbocycles. The molecule has 3 aliphatic heterocycles. The van der Waals surface area contributed by atoms with Crippen LogP contribution in [0, 0.1) is 17.6 Å². The van der Waals surface area contributed by atoms with Crippen molar-refractivity contribution in [2.75, 3.05) is 38.8 Å². The summed E-state index contributed by atoms with van der Waals surface area (Å²) < 4.78 is 52.3. The number of nitrogens with zero attached hydrogens (tertiary/aromatic N) is 3. The standard InChI is InChI=1S/C37H35Cl2F2N3O6/c1-47-32-9-6-24(15-34(32)48-2)33(17-27-28(38)18-42-19-29(27)39)49-36(45)25-5-3-4-22(14-25)20-44(31-16-26(40)7-8-30(31)41)37(46)50-35-21-43-12-10-23(35)11-13-43/h3-9,14-16,18-19,23,33,35H,10-13,17,20-21H2,1-2H3/t33-,35-/m0/s1. The number of carbonyl (C=O) groups excluding carboxylic acids is 2. The lowest BCUT2D eigenvalue weighted by Crippen LogP contribution is -2.53. The van der Waals surface area contributed by atoms with Gasteiger partial charge in [0.05, 0.1) is 42.1 Å². The van der Waals surface area contributed by atoms with Crippen LogP contribution in [0.4, 0.5) is 19.3 Å². The van der Waals surface area contributed by atoms with Crippen LogP contribution in [-0.4, -0.2) is 61.9 Å². The van der Waals surface area contributed by atoms with E-state index < -0.39 is 29.8 Å². The summed E-state index contributed by atoms with van der Waals surface area (Å²) >= 11 is 12.9. The van der Waals surface area contributed by atoms with E-state index in [1.54, 1.807) is 36.4 Å². The zero-order chi connectivity index (χ0) is 35.4. The van der Waals surface area contributed by atoms with Gasteiger partial charge in [-0.1, -0.05) is 41.4 Å². The topological polar surface area (TPSA) is 90.4 Å². The van der Waals surface area contributed by atoms with Crippen molar-refractivity contribution in [2.24, 2.45) is 5.92 Å². The smallest absolute Gasteiger partial charge is 0.415 e. The van der Waals surface area contributed by atoms with E-state index in [1.165, 1.54) is 32.7 Å². The van der Waals surface area contributed by atoms with E-state index in [0.29, 0.717) is 44.8 Å². The summed E-state index contributed by atoms with van der Waals surface area (Å²) in [5, 5.41) is 0.603. The molecule has 4 heterocycles. The van der Waals surface area contributed by atoms with Gasteiger partial charge >= 0.3 is 12.1 Å². The summed E-state index contributed by atoms with van der Waals surface area (Å²) in [7, 11) is 3.01. The maximum atomic E-state index is 15.1. The first-order valence-electron chi connectivity index (χ1n) is 16.1. The number of fused-ring (bicyclic) bond motifs is 3. The van der Waals surface area contributed by atoms with Gasteiger partial charge in [0, 0.05) is 31.4 Å². The van der Waals surface area contributed by atoms with Crippen LogP contribution in [0.2, 0.25) is 10.0 Å². The Labute approximate surface area is 298 Å². The van der Waals surface area contributed by atoms with Gasteiger partial charge in [-0.25, -0.2) is 18.4 Å². The van der Waals surface area contributed by atoms with E-state index in [1.807, 2.05) is 0 Å². The van der Waals surface area contributed by atoms with Gasteiger partial charge in [-0.3, -0.25) is 14.8 Å². The molecule has 3 fully saturated rings. The fourth-order valence-electron chi connectivity index (χ4n) is 6.45. The summed E-state index contributed by atoms with van der Waals surface area (Å²) in [5.74, 6) is -1.08. The normalized spacial score (nSPS) is 18.6. The number of rotatable bonds is 11. The van der Waals surface area contributed by atoms with Crippen LogP contribution in [0.25, 0.3) is 0 Å². The lowest BCUT2D eigenvalue weighted by atomic mass is 9.86. The Morgan fingerprint density at radius 2 is 1.70 bits per heavy atom. The van der Waals surface area contributed by atoms with E-state index in [4.69, 9.17) is 42.1 Å². The summed E-state index contributed by atoms with van der Waals surface area (Å²) in [6.45, 7) is 2.27. The maximum Gasteiger partial charge on any atom is 0.415 e. The number of hydrogen-bond donors (Lipinski definition) is 0. The second kappa shape index (κ2) is 15.6. The van der Waals surface area contributed by atoms with Crippen LogP contribution in [0.15, 0.2) is 73.1 Å². The van der Waals surface area contributed by atoms with Crippen molar-refractivity contribution in [3.63, 3.8) is 0 Å². The zero-order valence-corrected chi connectivity index (χ0v) is 28.9. The number of amides is 1. The molecule has 1 amide bonds. The Bertz CT molecular complexity index is 1850. The first kappa shape index (κ1) is 35.4. The third kappa shape index (κ3) is 7.96. The van der Waals surface area contributed by atoms with E-state index in [0.717, 1.165) is 49.0 Å². The molecule has 262 valence electrons. The highest BCUT2D eigenvalue weighted by atomic mass is 35.5. The first-order chi connectivity index (χ1) is 24.1. The number of piperidine rings is 3. The zero-order valence-electron chi connectivity index (χ0n) is 27.4. The molecule has 0 unspecified atom stereocenters. The monoisotopic (exact) mass is 725 g/mol. The fourth-order valence-corrected chi connectivity index (χ4v) is 6.97. The average molecular weight is 727 g/mol. The second-order valence-corrected chi connectivity index (χ2v) is 13.1. The minimum atomic E-state index is -0.877. The van der Waals surface area contributed by atoms with Gasteiger partial charge in [0.25, 0.3) is 0 Å². The molecule has 4 aromatic rings. The molecule has 0 spiro atoms. The molecule has 3 saturated heterocycles. The molecule has 9 nitrogen and oxygen atoms in total. The number of pyridine rings is 1. The Kier molecular flexibility index (Phi) is 11.1. The number of anilines is 1. The van der Waals surface area contributed by atoms with Crippen LogP contribution < -0.4 is 14.4 Å². The number of methoxy groups -OCH3 is 2. The third-order valence-electron chi connectivity index (χ3n) is 9.14. The quantitative estimate of drug-likeness (QED) is 0.144. The molecule has 2 bridgehead atoms. The number of esters is 1. The molecule has 1 aromatic heterocycles. The minimum Gasteiger partial charge on any atom is -0.493 e. The fraction of sp³-hybridized carbons (Fsp3) is 0.324. The number of aromatic nitrogens is 1. The van der Waals surface area contributed by atoms with Crippen molar-refractivity contribution in [1.82, 2.24) is 9.88 Å². The first-order valence-corrected chi connectivity index (χ1v) is 16.8. The summed E-state index contributed by atoms with van der Waals surface area (Å²) in [4.78, 5) is 34.7. The van der Waals surface area contributed by atoms with Crippen LogP contribution in [0.1, 0.15) is 46.0 Å². The largest absolute Gasteiger partial charge is 0.493 e. The molecule has 3 aliphatic rings. The molecular formula is C37H35Cl2F2N3O6. The Morgan fingerprint density at radius 3 is 2.38 bits per heavy atom. The highest BCUT2D eigenvalue weighted by Crippen LogP contribution is 2.36. The number of carbonyl (C=O) groups is 2. The van der Waals surface area contributed by atoms with Crippen molar-refractivity contribution in [1.29, 1.82) is 0 Å². The number of ether oxygens (including phenoxy) is 4. The summed E-state index contributed by atoms with van der Waals surface area (Å²) in [5.41, 5.74) is 1.45. The Hall–Kier alpha value is -4.45. The van der Waals surface area contributed by atoms with Gasteiger partial charge in [-0.05, 0) is 84.9 Å². The van der Waals surface area contributed by atoms with Crippen molar-refractivity contribution >= 4 is 41.0 Å². The summed E-state index contributed by atoms with van der Waals surface area (Å²) in [6, 6.07) is 14.4. The molecule has 7 rings (SSSR count). The SMILES string of the molecule is COc1ccc([C@H](Cc2c(Cl)cncc2Cl)OC(=O)c2cccc(CN(C(=O)O[C@H]3CN4CCC3CC4)c3cc(F)ccc3F)c2)cc1OC.